The summed E-state index contributed by atoms with van der Waals surface area (Å²) in [6.45, 7) is 2.32. The van der Waals surface area contributed by atoms with Crippen LogP contribution in [0.5, 0.6) is 0 Å². The standard InChI is InChI=1S/C49H39N/c1-36-20-21-45(35-49(36)42-16-9-4-10-17-42)41-26-32-48(33-27-41)50(46-28-22-39(23-29-46)37-12-5-2-6-13-37)47-30-24-40(25-31-47)44-19-11-18-43(34-44)38-14-7-3-8-15-38/h2-19,21-36H,20H2,1H3. The molecule has 1 aliphatic rings. The maximum Gasteiger partial charge on any atom is 0.0462 e. The summed E-state index contributed by atoms with van der Waals surface area (Å²) in [5, 5.41) is 0. The van der Waals surface area contributed by atoms with Crippen molar-refractivity contribution >= 4 is 28.2 Å². The van der Waals surface area contributed by atoms with Gasteiger partial charge in [-0.25, -0.2) is 0 Å². The highest BCUT2D eigenvalue weighted by Crippen LogP contribution is 2.39. The quantitative estimate of drug-likeness (QED) is 0.160. The van der Waals surface area contributed by atoms with Gasteiger partial charge in [-0.15, -0.1) is 0 Å². The summed E-state index contributed by atoms with van der Waals surface area (Å²) in [6, 6.07) is 67.7. The first-order valence-electron chi connectivity index (χ1n) is 17.5. The van der Waals surface area contributed by atoms with Crippen molar-refractivity contribution in [2.75, 3.05) is 4.90 Å². The second-order valence-corrected chi connectivity index (χ2v) is 13.1. The Labute approximate surface area is 296 Å². The van der Waals surface area contributed by atoms with E-state index in [2.05, 4.69) is 212 Å². The number of hydrogen-bond acceptors (Lipinski definition) is 1. The van der Waals surface area contributed by atoms with Crippen LogP contribution in [0.2, 0.25) is 0 Å². The summed E-state index contributed by atoms with van der Waals surface area (Å²) >= 11 is 0. The van der Waals surface area contributed by atoms with E-state index < -0.39 is 0 Å². The van der Waals surface area contributed by atoms with E-state index in [0.29, 0.717) is 5.92 Å². The molecule has 1 unspecified atom stereocenters. The largest absolute Gasteiger partial charge is 0.311 e. The molecule has 0 radical (unpaired) electrons. The highest BCUT2D eigenvalue weighted by atomic mass is 15.1. The first kappa shape index (κ1) is 31.1. The van der Waals surface area contributed by atoms with Gasteiger partial charge in [0.2, 0.25) is 0 Å². The third-order valence-electron chi connectivity index (χ3n) is 9.76. The van der Waals surface area contributed by atoms with Crippen LogP contribution in [0.25, 0.3) is 44.5 Å². The van der Waals surface area contributed by atoms with Crippen LogP contribution < -0.4 is 4.90 Å². The van der Waals surface area contributed by atoms with E-state index in [1.165, 1.54) is 55.7 Å². The van der Waals surface area contributed by atoms with Gasteiger partial charge in [0.15, 0.2) is 0 Å². The average molecular weight is 642 g/mol. The molecular formula is C49H39N. The van der Waals surface area contributed by atoms with Crippen molar-refractivity contribution in [2.45, 2.75) is 13.3 Å². The lowest BCUT2D eigenvalue weighted by Crippen LogP contribution is -2.10. The molecule has 0 saturated heterocycles. The number of nitrogens with zero attached hydrogens (tertiary/aromatic N) is 1. The van der Waals surface area contributed by atoms with E-state index in [9.17, 15) is 0 Å². The second kappa shape index (κ2) is 14.1. The van der Waals surface area contributed by atoms with Crippen molar-refractivity contribution in [3.05, 3.63) is 211 Å². The monoisotopic (exact) mass is 641 g/mol. The molecule has 8 rings (SSSR count). The molecule has 50 heavy (non-hydrogen) atoms. The zero-order chi connectivity index (χ0) is 33.7. The molecular weight excluding hydrogens is 603 g/mol. The SMILES string of the molecule is CC1CC=C(c2ccc(N(c3ccc(-c4ccccc4)cc3)c3ccc(-c4cccc(-c5ccccc5)c4)cc3)cc2)C=C1c1ccccc1. The summed E-state index contributed by atoms with van der Waals surface area (Å²) in [4.78, 5) is 2.35. The first-order chi connectivity index (χ1) is 24.7. The van der Waals surface area contributed by atoms with Crippen LogP contribution in [0, 0.1) is 5.92 Å². The molecule has 7 aromatic rings. The van der Waals surface area contributed by atoms with Crippen molar-refractivity contribution in [3.8, 4) is 33.4 Å². The smallest absolute Gasteiger partial charge is 0.0462 e. The predicted molar refractivity (Wildman–Crippen MR) is 214 cm³/mol. The minimum atomic E-state index is 0.499. The Morgan fingerprint density at radius 1 is 0.380 bits per heavy atom. The summed E-state index contributed by atoms with van der Waals surface area (Å²) < 4.78 is 0. The molecule has 1 aliphatic carbocycles. The van der Waals surface area contributed by atoms with Gasteiger partial charge in [0.05, 0.1) is 0 Å². The molecule has 0 aliphatic heterocycles. The Kier molecular flexibility index (Phi) is 8.79. The molecule has 1 nitrogen and oxygen atoms in total. The first-order valence-corrected chi connectivity index (χ1v) is 17.5. The zero-order valence-corrected chi connectivity index (χ0v) is 28.3. The van der Waals surface area contributed by atoms with E-state index in [1.807, 2.05) is 0 Å². The minimum absolute atomic E-state index is 0.499. The lowest BCUT2D eigenvalue weighted by molar-refractivity contribution is 0.761. The Hall–Kier alpha value is -6.18. The third kappa shape index (κ3) is 6.59. The molecule has 0 spiro atoms. The fourth-order valence-corrected chi connectivity index (χ4v) is 6.99. The second-order valence-electron chi connectivity index (χ2n) is 13.1. The van der Waals surface area contributed by atoms with Gasteiger partial charge in [0.25, 0.3) is 0 Å². The van der Waals surface area contributed by atoms with E-state index in [4.69, 9.17) is 0 Å². The van der Waals surface area contributed by atoms with E-state index in [0.717, 1.165) is 23.5 Å². The van der Waals surface area contributed by atoms with Crippen LogP contribution in [-0.4, -0.2) is 0 Å². The van der Waals surface area contributed by atoms with Gasteiger partial charge in [-0.1, -0.05) is 165 Å². The Balaban J connectivity index is 1.13. The topological polar surface area (TPSA) is 3.24 Å². The van der Waals surface area contributed by atoms with E-state index in [1.54, 1.807) is 0 Å². The molecule has 7 aromatic carbocycles. The van der Waals surface area contributed by atoms with Crippen LogP contribution in [0.4, 0.5) is 17.1 Å². The van der Waals surface area contributed by atoms with Gasteiger partial charge < -0.3 is 4.90 Å². The van der Waals surface area contributed by atoms with Crippen molar-refractivity contribution in [1.29, 1.82) is 0 Å². The highest BCUT2D eigenvalue weighted by Gasteiger charge is 2.18. The maximum absolute atomic E-state index is 2.39. The van der Waals surface area contributed by atoms with Crippen molar-refractivity contribution < 1.29 is 0 Å². The number of rotatable bonds is 8. The molecule has 240 valence electrons. The molecule has 1 heteroatoms. The van der Waals surface area contributed by atoms with Gasteiger partial charge in [-0.2, -0.15) is 0 Å². The number of anilines is 3. The molecule has 0 amide bonds. The van der Waals surface area contributed by atoms with Crippen molar-refractivity contribution in [1.82, 2.24) is 0 Å². The summed E-state index contributed by atoms with van der Waals surface area (Å²) in [7, 11) is 0. The molecule has 0 aromatic heterocycles. The fourth-order valence-electron chi connectivity index (χ4n) is 6.99. The molecule has 1 atom stereocenters. The third-order valence-corrected chi connectivity index (χ3v) is 9.76. The lowest BCUT2D eigenvalue weighted by atomic mass is 9.84. The number of allylic oxidation sites excluding steroid dienone is 4. The van der Waals surface area contributed by atoms with Crippen LogP contribution in [0.1, 0.15) is 24.5 Å². The van der Waals surface area contributed by atoms with Crippen LogP contribution >= 0.6 is 0 Å². The minimum Gasteiger partial charge on any atom is -0.311 e. The zero-order valence-electron chi connectivity index (χ0n) is 28.3. The number of benzene rings is 7. The fraction of sp³-hybridized carbons (Fsp3) is 0.0612. The maximum atomic E-state index is 2.39. The lowest BCUT2D eigenvalue weighted by Gasteiger charge is -2.26. The van der Waals surface area contributed by atoms with Gasteiger partial charge in [-0.3, -0.25) is 0 Å². The highest BCUT2D eigenvalue weighted by molar-refractivity contribution is 5.88. The van der Waals surface area contributed by atoms with Gasteiger partial charge in [0, 0.05) is 17.1 Å². The van der Waals surface area contributed by atoms with E-state index >= 15 is 0 Å². The number of hydrogen-bond donors (Lipinski definition) is 0. The van der Waals surface area contributed by atoms with Crippen LogP contribution in [0.3, 0.4) is 0 Å². The summed E-state index contributed by atoms with van der Waals surface area (Å²) in [5.41, 5.74) is 15.9. The van der Waals surface area contributed by atoms with Gasteiger partial charge in [0.1, 0.15) is 0 Å². The molecule has 0 N–H and O–H groups in total. The molecule has 0 saturated carbocycles. The van der Waals surface area contributed by atoms with E-state index in [-0.39, 0.29) is 0 Å². The van der Waals surface area contributed by atoms with Gasteiger partial charge in [-0.05, 0) is 110 Å². The predicted octanol–water partition coefficient (Wildman–Crippen LogP) is 13.7. The summed E-state index contributed by atoms with van der Waals surface area (Å²) in [6.07, 6.45) is 5.81. The molecule has 0 fully saturated rings. The normalized spacial score (nSPS) is 14.1. The average Bonchev–Trinajstić information content (AvgIpc) is 3.20. The molecule has 0 bridgehead atoms. The van der Waals surface area contributed by atoms with Crippen LogP contribution in [-0.2, 0) is 0 Å². The summed E-state index contributed by atoms with van der Waals surface area (Å²) in [5.74, 6) is 0.499. The van der Waals surface area contributed by atoms with Crippen molar-refractivity contribution in [2.24, 2.45) is 5.92 Å². The van der Waals surface area contributed by atoms with Crippen LogP contribution in [0.15, 0.2) is 200 Å². The van der Waals surface area contributed by atoms with Crippen molar-refractivity contribution in [3.63, 3.8) is 0 Å². The Bertz CT molecular complexity index is 2250. The molecule has 0 heterocycles. The Morgan fingerprint density at radius 3 is 1.26 bits per heavy atom. The Morgan fingerprint density at radius 2 is 0.760 bits per heavy atom. The van der Waals surface area contributed by atoms with Gasteiger partial charge >= 0.3 is 0 Å².